The summed E-state index contributed by atoms with van der Waals surface area (Å²) in [6, 6.07) is 6.03. The molecular weight excluding hydrogens is 487 g/mol. The number of nitrogens with one attached hydrogen (secondary N) is 2. The lowest BCUT2D eigenvalue weighted by atomic mass is 10.0. The van der Waals surface area contributed by atoms with E-state index in [1.807, 2.05) is 29.5 Å². The molecule has 0 aromatic heterocycles. The zero-order valence-electron chi connectivity index (χ0n) is 14.3. The Bertz CT molecular complexity index is 1070. The van der Waals surface area contributed by atoms with Crippen molar-refractivity contribution in [1.29, 1.82) is 0 Å². The third-order valence-corrected chi connectivity index (χ3v) is 7.12. The van der Waals surface area contributed by atoms with Crippen molar-refractivity contribution in [2.45, 2.75) is 30.9 Å². The van der Waals surface area contributed by atoms with Crippen molar-refractivity contribution in [2.75, 3.05) is 10.0 Å². The predicted molar refractivity (Wildman–Crippen MR) is 111 cm³/mol. The summed E-state index contributed by atoms with van der Waals surface area (Å²) in [4.78, 5) is 4.09. The number of benzene rings is 2. The van der Waals surface area contributed by atoms with Crippen molar-refractivity contribution in [1.82, 2.24) is 0 Å². The maximum absolute atomic E-state index is 15.2. The molecule has 1 atom stereocenters. The van der Waals surface area contributed by atoms with Crippen LogP contribution in [0.1, 0.15) is 31.2 Å². The van der Waals surface area contributed by atoms with E-state index in [-0.39, 0.29) is 28.7 Å². The van der Waals surface area contributed by atoms with Gasteiger partial charge in [0.1, 0.15) is 17.2 Å². The van der Waals surface area contributed by atoms with Gasteiger partial charge in [-0.1, -0.05) is 6.92 Å². The normalized spacial score (nSPS) is 18.4. The highest BCUT2D eigenvalue weighted by Crippen LogP contribution is 2.44. The Labute approximate surface area is 169 Å². The molecule has 1 aliphatic heterocycles. The quantitative estimate of drug-likeness (QED) is 0.563. The second kappa shape index (κ2) is 6.69. The van der Waals surface area contributed by atoms with Crippen molar-refractivity contribution < 1.29 is 17.2 Å². The van der Waals surface area contributed by atoms with Crippen molar-refractivity contribution in [3.8, 4) is 0 Å². The number of aliphatic imine (C=N–C) groups is 1. The summed E-state index contributed by atoms with van der Waals surface area (Å²) < 4.78 is 57.4. The fraction of sp³-hybridized carbons (Fsp3) is 0.278. The molecule has 2 aromatic rings. The van der Waals surface area contributed by atoms with Crippen LogP contribution in [0.15, 0.2) is 29.3 Å². The first-order chi connectivity index (χ1) is 12.8. The fourth-order valence-corrected chi connectivity index (χ4v) is 4.79. The van der Waals surface area contributed by atoms with Gasteiger partial charge in [0.25, 0.3) is 0 Å². The monoisotopic (exact) mass is 503 g/mol. The van der Waals surface area contributed by atoms with Crippen LogP contribution in [-0.2, 0) is 10.0 Å². The summed E-state index contributed by atoms with van der Waals surface area (Å²) in [7, 11) is -3.62. The summed E-state index contributed by atoms with van der Waals surface area (Å²) in [5.41, 5.74) is 0.717. The Balaban J connectivity index is 1.81. The van der Waals surface area contributed by atoms with Gasteiger partial charge in [0.2, 0.25) is 10.0 Å². The predicted octanol–water partition coefficient (Wildman–Crippen LogP) is 5.04. The van der Waals surface area contributed by atoms with E-state index >= 15 is 4.39 Å². The maximum Gasteiger partial charge on any atom is 0.235 e. The largest absolute Gasteiger partial charge is 0.349 e. The number of fused-ring (bicyclic) bond motifs is 1. The summed E-state index contributed by atoms with van der Waals surface area (Å²) in [6.45, 7) is 1.85. The summed E-state index contributed by atoms with van der Waals surface area (Å²) in [6.07, 6.45) is 2.76. The van der Waals surface area contributed by atoms with Gasteiger partial charge < -0.3 is 5.32 Å². The van der Waals surface area contributed by atoms with E-state index in [0.29, 0.717) is 22.0 Å². The molecule has 2 aliphatic rings. The molecule has 0 saturated heterocycles. The van der Waals surface area contributed by atoms with Crippen LogP contribution in [0.2, 0.25) is 0 Å². The summed E-state index contributed by atoms with van der Waals surface area (Å²) in [5.74, 6) is -1.41. The van der Waals surface area contributed by atoms with Gasteiger partial charge in [0, 0.05) is 15.7 Å². The average Bonchev–Trinajstić information content (AvgIpc) is 3.39. The molecule has 1 saturated carbocycles. The summed E-state index contributed by atoms with van der Waals surface area (Å²) in [5, 5.41) is 2.24. The molecule has 5 nitrogen and oxygen atoms in total. The van der Waals surface area contributed by atoms with E-state index in [0.717, 1.165) is 0 Å². The van der Waals surface area contributed by atoms with Crippen LogP contribution >= 0.6 is 22.6 Å². The fourth-order valence-electron chi connectivity index (χ4n) is 2.95. The van der Waals surface area contributed by atoms with Crippen LogP contribution in [0.25, 0.3) is 0 Å². The van der Waals surface area contributed by atoms with Crippen molar-refractivity contribution in [2.24, 2.45) is 4.99 Å². The lowest BCUT2D eigenvalue weighted by molar-refractivity contribution is 0.600. The van der Waals surface area contributed by atoms with Gasteiger partial charge in [0.05, 0.1) is 16.6 Å². The molecule has 2 N–H and O–H groups in total. The van der Waals surface area contributed by atoms with Crippen LogP contribution in [0.5, 0.6) is 0 Å². The molecule has 9 heteroatoms. The van der Waals surface area contributed by atoms with E-state index in [1.165, 1.54) is 12.1 Å². The Morgan fingerprint density at radius 1 is 1.19 bits per heavy atom. The Kier molecular flexibility index (Phi) is 4.61. The Morgan fingerprint density at radius 3 is 2.59 bits per heavy atom. The zero-order chi connectivity index (χ0) is 19.3. The third-order valence-electron chi connectivity index (χ3n) is 4.59. The molecule has 1 unspecified atom stereocenters. The van der Waals surface area contributed by atoms with Gasteiger partial charge in [0.15, 0.2) is 5.82 Å². The topological polar surface area (TPSA) is 70.6 Å². The van der Waals surface area contributed by atoms with Crippen LogP contribution < -0.4 is 10.0 Å². The van der Waals surface area contributed by atoms with Crippen molar-refractivity contribution in [3.05, 3.63) is 45.0 Å². The molecule has 142 valence electrons. The molecule has 1 aliphatic carbocycles. The number of anilines is 3. The first-order valence-electron chi connectivity index (χ1n) is 8.40. The number of rotatable bonds is 5. The third kappa shape index (κ3) is 3.54. The van der Waals surface area contributed by atoms with Crippen molar-refractivity contribution in [3.63, 3.8) is 0 Å². The van der Waals surface area contributed by atoms with E-state index in [9.17, 15) is 12.8 Å². The van der Waals surface area contributed by atoms with Gasteiger partial charge in [-0.3, -0.25) is 9.71 Å². The van der Waals surface area contributed by atoms with Gasteiger partial charge in [-0.05, 0) is 65.3 Å². The lowest BCUT2D eigenvalue weighted by Gasteiger charge is -2.18. The lowest BCUT2D eigenvalue weighted by Crippen LogP contribution is -2.19. The minimum absolute atomic E-state index is 0.0520. The van der Waals surface area contributed by atoms with Gasteiger partial charge in [-0.15, -0.1) is 0 Å². The first kappa shape index (κ1) is 18.6. The Hall–Kier alpha value is -1.75. The SMILES string of the molecule is CC1C=Nc2c1cc(NS(=O)(=O)C1CC1)c(Nc1ccc(I)cc1F)c2F. The van der Waals surface area contributed by atoms with Gasteiger partial charge in [-0.25, -0.2) is 17.2 Å². The van der Waals surface area contributed by atoms with Crippen LogP contribution in [-0.4, -0.2) is 19.9 Å². The molecule has 0 radical (unpaired) electrons. The minimum atomic E-state index is -3.62. The minimum Gasteiger partial charge on any atom is -0.349 e. The zero-order valence-corrected chi connectivity index (χ0v) is 17.2. The second-order valence-electron chi connectivity index (χ2n) is 6.71. The summed E-state index contributed by atoms with van der Waals surface area (Å²) >= 11 is 1.97. The Morgan fingerprint density at radius 2 is 1.93 bits per heavy atom. The molecule has 1 fully saturated rings. The van der Waals surface area contributed by atoms with E-state index < -0.39 is 26.9 Å². The first-order valence-corrected chi connectivity index (χ1v) is 11.0. The smallest absolute Gasteiger partial charge is 0.235 e. The van der Waals surface area contributed by atoms with E-state index in [4.69, 9.17) is 0 Å². The number of halogens is 3. The maximum atomic E-state index is 15.2. The van der Waals surface area contributed by atoms with E-state index in [2.05, 4.69) is 15.0 Å². The second-order valence-corrected chi connectivity index (χ2v) is 9.92. The molecule has 0 spiro atoms. The standard InChI is InChI=1S/C18H16F2IN3O2S/c1-9-8-22-17-12(9)7-15(24-27(25,26)11-3-4-11)18(16(17)20)23-14-5-2-10(21)6-13(14)19/h2,5-9,11,23-24H,3-4H2,1H3. The highest BCUT2D eigenvalue weighted by molar-refractivity contribution is 14.1. The molecule has 0 amide bonds. The van der Waals surface area contributed by atoms with Gasteiger partial charge in [-0.2, -0.15) is 0 Å². The van der Waals surface area contributed by atoms with Crippen LogP contribution in [0.3, 0.4) is 0 Å². The highest BCUT2D eigenvalue weighted by atomic mass is 127. The average molecular weight is 503 g/mol. The van der Waals surface area contributed by atoms with Crippen LogP contribution in [0, 0.1) is 15.2 Å². The number of hydrogen-bond acceptors (Lipinski definition) is 4. The van der Waals surface area contributed by atoms with E-state index in [1.54, 1.807) is 18.3 Å². The molecular formula is C18H16F2IN3O2S. The van der Waals surface area contributed by atoms with Gasteiger partial charge >= 0.3 is 0 Å². The molecule has 4 rings (SSSR count). The molecule has 27 heavy (non-hydrogen) atoms. The molecule has 0 bridgehead atoms. The van der Waals surface area contributed by atoms with Crippen molar-refractivity contribution >= 4 is 61.6 Å². The number of hydrogen-bond donors (Lipinski definition) is 2. The molecule has 1 heterocycles. The molecule has 2 aromatic carbocycles. The number of sulfonamides is 1. The highest BCUT2D eigenvalue weighted by Gasteiger charge is 2.37. The van der Waals surface area contributed by atoms with Crippen LogP contribution in [0.4, 0.5) is 31.5 Å². The number of nitrogens with zero attached hydrogens (tertiary/aromatic N) is 1.